The van der Waals surface area contributed by atoms with Gasteiger partial charge in [-0.1, -0.05) is 13.8 Å². The van der Waals surface area contributed by atoms with Gasteiger partial charge in [-0.2, -0.15) is 0 Å². The van der Waals surface area contributed by atoms with E-state index < -0.39 is 12.2 Å². The van der Waals surface area contributed by atoms with E-state index >= 15 is 0 Å². The molecule has 0 aromatic carbocycles. The second kappa shape index (κ2) is 2.77. The van der Waals surface area contributed by atoms with Gasteiger partial charge in [0.05, 0.1) is 0 Å². The molecule has 0 radical (unpaired) electrons. The third kappa shape index (κ3) is 1.42. The van der Waals surface area contributed by atoms with Crippen molar-refractivity contribution in [2.24, 2.45) is 5.41 Å². The normalized spacial score (nSPS) is 28.1. The summed E-state index contributed by atoms with van der Waals surface area (Å²) >= 11 is 0. The fourth-order valence-electron chi connectivity index (χ4n) is 1.34. The molecule has 4 nitrogen and oxygen atoms in total. The molecule has 0 aromatic heterocycles. The third-order valence-electron chi connectivity index (χ3n) is 2.08. The second-order valence-electron chi connectivity index (χ2n) is 3.79. The number of rotatable bonds is 1. The molecule has 1 saturated heterocycles. The summed E-state index contributed by atoms with van der Waals surface area (Å²) in [5, 5.41) is 0. The van der Waals surface area contributed by atoms with Gasteiger partial charge in [0.15, 0.2) is 12.4 Å². The topological polar surface area (TPSA) is 46.6 Å². The molecule has 1 aliphatic rings. The molecule has 0 saturated carbocycles. The zero-order chi connectivity index (χ0) is 9.35. The van der Waals surface area contributed by atoms with Crippen molar-refractivity contribution in [1.82, 2.24) is 4.90 Å². The maximum Gasteiger partial charge on any atom is 0.410 e. The molecule has 68 valence electrons. The van der Waals surface area contributed by atoms with Gasteiger partial charge in [0.25, 0.3) is 0 Å². The lowest BCUT2D eigenvalue weighted by Gasteiger charge is -2.39. The first kappa shape index (κ1) is 9.03. The van der Waals surface area contributed by atoms with Gasteiger partial charge >= 0.3 is 6.09 Å². The van der Waals surface area contributed by atoms with Gasteiger partial charge in [-0.3, -0.25) is 4.79 Å². The molecule has 0 aromatic rings. The Kier molecular flexibility index (Phi) is 2.08. The van der Waals surface area contributed by atoms with E-state index in [2.05, 4.69) is 0 Å². The Morgan fingerprint density at radius 1 is 1.67 bits per heavy atom. The Bertz CT molecular complexity index is 212. The zero-order valence-electron chi connectivity index (χ0n) is 7.53. The molecule has 0 bridgehead atoms. The lowest BCUT2D eigenvalue weighted by atomic mass is 9.85. The number of amides is 1. The molecule has 0 spiro atoms. The average molecular weight is 171 g/mol. The van der Waals surface area contributed by atoms with Crippen LogP contribution in [0.1, 0.15) is 13.8 Å². The highest BCUT2D eigenvalue weighted by Gasteiger charge is 2.39. The van der Waals surface area contributed by atoms with Crippen LogP contribution >= 0.6 is 0 Å². The van der Waals surface area contributed by atoms with Gasteiger partial charge < -0.3 is 9.64 Å². The van der Waals surface area contributed by atoms with E-state index in [9.17, 15) is 9.59 Å². The van der Waals surface area contributed by atoms with Crippen LogP contribution in [0.25, 0.3) is 0 Å². The summed E-state index contributed by atoms with van der Waals surface area (Å²) in [7, 11) is 1.66. The molecule has 0 N–H and O–H groups in total. The van der Waals surface area contributed by atoms with Crippen LogP contribution in [0.3, 0.4) is 0 Å². The van der Waals surface area contributed by atoms with Gasteiger partial charge in [0.1, 0.15) is 0 Å². The fraction of sp³-hybridized carbons (Fsp3) is 0.750. The number of carbonyl (C=O) groups excluding carboxylic acids is 2. The largest absolute Gasteiger partial charge is 0.438 e. The molecule has 1 heterocycles. The predicted molar refractivity (Wildman–Crippen MR) is 42.7 cm³/mol. The van der Waals surface area contributed by atoms with Crippen molar-refractivity contribution in [3.05, 3.63) is 0 Å². The van der Waals surface area contributed by atoms with E-state index in [4.69, 9.17) is 4.74 Å². The molecule has 0 aliphatic carbocycles. The third-order valence-corrected chi connectivity index (χ3v) is 2.08. The Labute approximate surface area is 71.5 Å². The number of hydrogen-bond acceptors (Lipinski definition) is 3. The first-order valence-corrected chi connectivity index (χ1v) is 3.84. The molecule has 1 amide bonds. The van der Waals surface area contributed by atoms with Crippen LogP contribution < -0.4 is 0 Å². The molecule has 1 aliphatic heterocycles. The Morgan fingerprint density at radius 2 is 2.25 bits per heavy atom. The molecule has 1 atom stereocenters. The predicted octanol–water partition coefficient (Wildman–Crippen LogP) is 0.662. The van der Waals surface area contributed by atoms with Gasteiger partial charge in [-0.25, -0.2) is 4.79 Å². The summed E-state index contributed by atoms with van der Waals surface area (Å²) in [6, 6.07) is 0. The second-order valence-corrected chi connectivity index (χ2v) is 3.79. The summed E-state index contributed by atoms with van der Waals surface area (Å²) in [6.07, 6.45) is -0.349. The molecular formula is C8H13NO3. The van der Waals surface area contributed by atoms with E-state index in [1.54, 1.807) is 7.05 Å². The van der Waals surface area contributed by atoms with E-state index in [1.807, 2.05) is 13.8 Å². The number of carbonyl (C=O) groups is 2. The summed E-state index contributed by atoms with van der Waals surface area (Å²) in [4.78, 5) is 23.0. The summed E-state index contributed by atoms with van der Waals surface area (Å²) in [6.45, 7) is 4.35. The van der Waals surface area contributed by atoms with E-state index in [0.29, 0.717) is 12.8 Å². The van der Waals surface area contributed by atoms with Crippen molar-refractivity contribution in [3.8, 4) is 0 Å². The molecule has 1 rings (SSSR count). The van der Waals surface area contributed by atoms with Gasteiger partial charge in [-0.05, 0) is 0 Å². The summed E-state index contributed by atoms with van der Waals surface area (Å²) < 4.78 is 4.88. The quantitative estimate of drug-likeness (QED) is 0.544. The number of hydrogen-bond donors (Lipinski definition) is 0. The Hall–Kier alpha value is -1.06. The van der Waals surface area contributed by atoms with Crippen LogP contribution in [0.2, 0.25) is 0 Å². The highest BCUT2D eigenvalue weighted by atomic mass is 16.6. The highest BCUT2D eigenvalue weighted by molar-refractivity contribution is 5.73. The van der Waals surface area contributed by atoms with Crippen molar-refractivity contribution in [2.45, 2.75) is 20.0 Å². The van der Waals surface area contributed by atoms with Crippen LogP contribution in [0.5, 0.6) is 0 Å². The van der Waals surface area contributed by atoms with Crippen molar-refractivity contribution >= 4 is 12.4 Å². The van der Waals surface area contributed by atoms with Crippen molar-refractivity contribution < 1.29 is 14.3 Å². The van der Waals surface area contributed by atoms with Crippen molar-refractivity contribution in [3.63, 3.8) is 0 Å². The first-order valence-electron chi connectivity index (χ1n) is 3.84. The van der Waals surface area contributed by atoms with E-state index in [0.717, 1.165) is 0 Å². The van der Waals surface area contributed by atoms with Crippen molar-refractivity contribution in [1.29, 1.82) is 0 Å². The van der Waals surface area contributed by atoms with E-state index in [1.165, 1.54) is 4.90 Å². The maximum atomic E-state index is 11.0. The van der Waals surface area contributed by atoms with Crippen molar-refractivity contribution in [2.75, 3.05) is 13.6 Å². The lowest BCUT2D eigenvalue weighted by molar-refractivity contribution is -0.125. The number of ether oxygens (including phenoxy) is 1. The fourth-order valence-corrected chi connectivity index (χ4v) is 1.34. The van der Waals surface area contributed by atoms with Crippen LogP contribution in [0.15, 0.2) is 0 Å². The maximum absolute atomic E-state index is 11.0. The van der Waals surface area contributed by atoms with Crippen LogP contribution in [0, 0.1) is 5.41 Å². The van der Waals surface area contributed by atoms with Crippen LogP contribution in [-0.4, -0.2) is 37.0 Å². The first-order chi connectivity index (χ1) is 5.47. The zero-order valence-corrected chi connectivity index (χ0v) is 7.53. The Morgan fingerprint density at radius 3 is 2.75 bits per heavy atom. The van der Waals surface area contributed by atoms with Crippen LogP contribution in [0.4, 0.5) is 4.79 Å². The highest BCUT2D eigenvalue weighted by Crippen LogP contribution is 2.27. The molecule has 1 unspecified atom stereocenters. The SMILES string of the molecule is CN1CC(C)(C)C(C=O)OC1=O. The van der Waals surface area contributed by atoms with E-state index in [-0.39, 0.29) is 5.41 Å². The summed E-state index contributed by atoms with van der Waals surface area (Å²) in [5.74, 6) is 0. The minimum atomic E-state index is -0.610. The number of cyclic esters (lactones) is 1. The average Bonchev–Trinajstić information content (AvgIpc) is 1.96. The minimum Gasteiger partial charge on any atom is -0.438 e. The molecular weight excluding hydrogens is 158 g/mol. The Balaban J connectivity index is 2.78. The number of aldehydes is 1. The lowest BCUT2D eigenvalue weighted by Crippen LogP contribution is -2.51. The number of nitrogens with zero attached hydrogens (tertiary/aromatic N) is 1. The standard InChI is InChI=1S/C8H13NO3/c1-8(2)5-9(3)7(11)12-6(8)4-10/h4,6H,5H2,1-3H3. The monoisotopic (exact) mass is 171 g/mol. The molecule has 4 heteroatoms. The van der Waals surface area contributed by atoms with Gasteiger partial charge in [0.2, 0.25) is 0 Å². The molecule has 1 fully saturated rings. The van der Waals surface area contributed by atoms with Crippen LogP contribution in [-0.2, 0) is 9.53 Å². The summed E-state index contributed by atoms with van der Waals surface area (Å²) in [5.41, 5.74) is -0.287. The molecule has 12 heavy (non-hydrogen) atoms. The smallest absolute Gasteiger partial charge is 0.410 e. The minimum absolute atomic E-state index is 0.287. The van der Waals surface area contributed by atoms with Gasteiger partial charge in [-0.15, -0.1) is 0 Å². The van der Waals surface area contributed by atoms with Gasteiger partial charge in [0, 0.05) is 19.0 Å².